The largest absolute Gasteiger partial charge is 0.492 e. The Kier molecular flexibility index (Phi) is 6.36. The van der Waals surface area contributed by atoms with Crippen LogP contribution in [0, 0.1) is 0 Å². The molecule has 36 heavy (non-hydrogen) atoms. The Hall–Kier alpha value is -4.66. The summed E-state index contributed by atoms with van der Waals surface area (Å²) in [5, 5.41) is 7.22. The first-order chi connectivity index (χ1) is 17.6. The zero-order valence-corrected chi connectivity index (χ0v) is 20.0. The molecular formula is C27H25N5O4. The Balaban J connectivity index is 1.52. The average molecular weight is 484 g/mol. The van der Waals surface area contributed by atoms with Crippen LogP contribution >= 0.6 is 0 Å². The van der Waals surface area contributed by atoms with E-state index in [4.69, 9.17) is 9.47 Å². The molecule has 2 aromatic heterocycles. The summed E-state index contributed by atoms with van der Waals surface area (Å²) < 4.78 is 14.1. The topological polar surface area (TPSA) is 99.8 Å². The summed E-state index contributed by atoms with van der Waals surface area (Å²) in [4.78, 5) is 30.8. The molecule has 182 valence electrons. The van der Waals surface area contributed by atoms with Crippen LogP contribution in [0.2, 0.25) is 0 Å². The number of amides is 1. The molecule has 0 bridgehead atoms. The van der Waals surface area contributed by atoms with Gasteiger partial charge in [-0.3, -0.25) is 4.79 Å². The second-order valence-electron chi connectivity index (χ2n) is 8.08. The van der Waals surface area contributed by atoms with Gasteiger partial charge < -0.3 is 14.8 Å². The van der Waals surface area contributed by atoms with E-state index in [1.54, 1.807) is 30.3 Å². The number of anilines is 1. The standard InChI is InChI=1S/C27H25N5O4/c1-3-18-13-15-19(16-14-18)36-26-25-30-31(27(34)32(25)22-11-7-5-9-20(22)29-26)17-24(33)28-21-10-6-8-12-23(21)35-4-2/h5-16H,3-4,17H2,1-2H3,(H,28,33). The highest BCUT2D eigenvalue weighted by molar-refractivity contribution is 5.92. The van der Waals surface area contributed by atoms with Gasteiger partial charge in [0, 0.05) is 0 Å². The van der Waals surface area contributed by atoms with Gasteiger partial charge in [0.1, 0.15) is 18.0 Å². The van der Waals surface area contributed by atoms with Gasteiger partial charge in [0.25, 0.3) is 5.88 Å². The van der Waals surface area contributed by atoms with Gasteiger partial charge in [-0.1, -0.05) is 43.3 Å². The van der Waals surface area contributed by atoms with Crippen molar-refractivity contribution in [3.63, 3.8) is 0 Å². The summed E-state index contributed by atoms with van der Waals surface area (Å²) in [6.45, 7) is 4.11. The molecule has 0 unspecified atom stereocenters. The maximum Gasteiger partial charge on any atom is 0.351 e. The van der Waals surface area contributed by atoms with Gasteiger partial charge in [-0.05, 0) is 55.3 Å². The van der Waals surface area contributed by atoms with Crippen molar-refractivity contribution in [1.82, 2.24) is 19.2 Å². The Morgan fingerprint density at radius 1 is 0.972 bits per heavy atom. The maximum atomic E-state index is 13.4. The molecule has 0 spiro atoms. The second-order valence-corrected chi connectivity index (χ2v) is 8.08. The molecule has 3 aromatic carbocycles. The molecule has 0 aliphatic heterocycles. The minimum atomic E-state index is -0.469. The van der Waals surface area contributed by atoms with Gasteiger partial charge in [0.2, 0.25) is 11.6 Å². The van der Waals surface area contributed by atoms with Crippen LogP contribution in [0.25, 0.3) is 16.7 Å². The smallest absolute Gasteiger partial charge is 0.351 e. The Morgan fingerprint density at radius 2 is 1.72 bits per heavy atom. The van der Waals surface area contributed by atoms with Crippen LogP contribution in [-0.2, 0) is 17.8 Å². The average Bonchev–Trinajstić information content (AvgIpc) is 3.22. The number of nitrogens with zero attached hydrogens (tertiary/aromatic N) is 4. The molecule has 1 amide bonds. The van der Waals surface area contributed by atoms with Crippen molar-refractivity contribution in [2.75, 3.05) is 11.9 Å². The van der Waals surface area contributed by atoms with Crippen LogP contribution in [0.1, 0.15) is 19.4 Å². The van der Waals surface area contributed by atoms with Crippen LogP contribution in [0.5, 0.6) is 17.4 Å². The summed E-state index contributed by atoms with van der Waals surface area (Å²) in [5.41, 5.74) is 2.59. The van der Waals surface area contributed by atoms with E-state index in [0.29, 0.717) is 34.8 Å². The lowest BCUT2D eigenvalue weighted by atomic mass is 10.2. The summed E-state index contributed by atoms with van der Waals surface area (Å²) >= 11 is 0. The van der Waals surface area contributed by atoms with E-state index >= 15 is 0 Å². The van der Waals surface area contributed by atoms with Crippen molar-refractivity contribution in [1.29, 1.82) is 0 Å². The van der Waals surface area contributed by atoms with E-state index in [-0.39, 0.29) is 18.1 Å². The number of aryl methyl sites for hydroxylation is 1. The maximum absolute atomic E-state index is 13.4. The molecule has 0 atom stereocenters. The van der Waals surface area contributed by atoms with E-state index < -0.39 is 11.6 Å². The van der Waals surface area contributed by atoms with Crippen molar-refractivity contribution < 1.29 is 14.3 Å². The van der Waals surface area contributed by atoms with Crippen molar-refractivity contribution in [3.05, 3.63) is 88.8 Å². The minimum absolute atomic E-state index is 0.177. The number of hydrogen-bond donors (Lipinski definition) is 1. The zero-order valence-electron chi connectivity index (χ0n) is 20.0. The summed E-state index contributed by atoms with van der Waals surface area (Å²) in [5.74, 6) is 0.887. The molecule has 2 heterocycles. The van der Waals surface area contributed by atoms with Crippen LogP contribution in [-0.4, -0.2) is 31.7 Å². The SMILES string of the molecule is CCOc1ccccc1NC(=O)Cn1nc2c(Oc3ccc(CC)cc3)nc3ccccc3n2c1=O. The second kappa shape index (κ2) is 9.91. The fourth-order valence-corrected chi connectivity index (χ4v) is 3.92. The molecule has 9 nitrogen and oxygen atoms in total. The number of rotatable bonds is 8. The number of aromatic nitrogens is 4. The number of para-hydroxylation sites is 4. The molecule has 9 heteroatoms. The van der Waals surface area contributed by atoms with Gasteiger partial charge in [-0.25, -0.2) is 18.9 Å². The van der Waals surface area contributed by atoms with E-state index in [9.17, 15) is 9.59 Å². The third kappa shape index (κ3) is 4.50. The number of carbonyl (C=O) groups excluding carboxylic acids is 1. The highest BCUT2D eigenvalue weighted by Crippen LogP contribution is 2.27. The quantitative estimate of drug-likeness (QED) is 0.350. The molecule has 1 N–H and O–H groups in total. The molecule has 5 aromatic rings. The Labute approximate surface area is 206 Å². The van der Waals surface area contributed by atoms with Crippen LogP contribution in [0.4, 0.5) is 5.69 Å². The molecule has 0 fully saturated rings. The Morgan fingerprint density at radius 3 is 2.50 bits per heavy atom. The van der Waals surface area contributed by atoms with E-state index in [1.165, 1.54) is 9.96 Å². The predicted octanol–water partition coefficient (Wildman–Crippen LogP) is 4.44. The minimum Gasteiger partial charge on any atom is -0.492 e. The molecule has 0 aliphatic rings. The van der Waals surface area contributed by atoms with Crippen molar-refractivity contribution in [2.24, 2.45) is 0 Å². The number of ether oxygens (including phenoxy) is 2. The van der Waals surface area contributed by atoms with E-state index in [1.807, 2.05) is 49.4 Å². The molecule has 0 aliphatic carbocycles. The Bertz CT molecular complexity index is 1600. The van der Waals surface area contributed by atoms with E-state index in [2.05, 4.69) is 22.3 Å². The van der Waals surface area contributed by atoms with Gasteiger partial charge in [-0.15, -0.1) is 5.10 Å². The fourth-order valence-electron chi connectivity index (χ4n) is 3.92. The molecule has 0 saturated heterocycles. The summed E-state index contributed by atoms with van der Waals surface area (Å²) in [7, 11) is 0. The zero-order chi connectivity index (χ0) is 25.1. The van der Waals surface area contributed by atoms with Gasteiger partial charge in [0.05, 0.1) is 23.3 Å². The first-order valence-corrected chi connectivity index (χ1v) is 11.7. The summed E-state index contributed by atoms with van der Waals surface area (Å²) in [6.07, 6.45) is 0.912. The first-order valence-electron chi connectivity index (χ1n) is 11.7. The van der Waals surface area contributed by atoms with Gasteiger partial charge in [0.15, 0.2) is 0 Å². The molecular weight excluding hydrogens is 458 g/mol. The van der Waals surface area contributed by atoms with Crippen LogP contribution < -0.4 is 20.5 Å². The lowest BCUT2D eigenvalue weighted by Crippen LogP contribution is -2.28. The van der Waals surface area contributed by atoms with Crippen molar-refractivity contribution in [2.45, 2.75) is 26.8 Å². The first kappa shape index (κ1) is 23.1. The lowest BCUT2D eigenvalue weighted by Gasteiger charge is -2.10. The normalized spacial score (nSPS) is 11.1. The van der Waals surface area contributed by atoms with Crippen molar-refractivity contribution in [3.8, 4) is 17.4 Å². The summed E-state index contributed by atoms with van der Waals surface area (Å²) in [6, 6.07) is 22.0. The van der Waals surface area contributed by atoms with Crippen LogP contribution in [0.15, 0.2) is 77.6 Å². The van der Waals surface area contributed by atoms with E-state index in [0.717, 1.165) is 11.1 Å². The lowest BCUT2D eigenvalue weighted by molar-refractivity contribution is -0.117. The molecule has 0 radical (unpaired) electrons. The fraction of sp³-hybridized carbons (Fsp3) is 0.185. The third-order valence-corrected chi connectivity index (χ3v) is 5.68. The molecule has 0 saturated carbocycles. The monoisotopic (exact) mass is 483 g/mol. The van der Waals surface area contributed by atoms with Crippen molar-refractivity contribution >= 4 is 28.3 Å². The number of carbonyl (C=O) groups is 1. The van der Waals surface area contributed by atoms with Gasteiger partial charge >= 0.3 is 5.69 Å². The highest BCUT2D eigenvalue weighted by atomic mass is 16.5. The van der Waals surface area contributed by atoms with Crippen LogP contribution in [0.3, 0.4) is 0 Å². The van der Waals surface area contributed by atoms with Gasteiger partial charge in [-0.2, -0.15) is 0 Å². The number of benzene rings is 3. The number of hydrogen-bond acceptors (Lipinski definition) is 6. The number of nitrogens with one attached hydrogen (secondary N) is 1. The third-order valence-electron chi connectivity index (χ3n) is 5.68. The highest BCUT2D eigenvalue weighted by Gasteiger charge is 2.19. The molecule has 5 rings (SSSR count). The predicted molar refractivity (Wildman–Crippen MR) is 137 cm³/mol. The number of fused-ring (bicyclic) bond motifs is 3.